The zero-order chi connectivity index (χ0) is 15.1. The van der Waals surface area contributed by atoms with E-state index in [1.807, 2.05) is 0 Å². The molecule has 1 N–H and O–H groups in total. The Morgan fingerprint density at radius 3 is 2.65 bits per heavy atom. The summed E-state index contributed by atoms with van der Waals surface area (Å²) >= 11 is 0. The summed E-state index contributed by atoms with van der Waals surface area (Å²) in [6.07, 6.45) is 2.21. The zero-order valence-electron chi connectivity index (χ0n) is 12.0. The van der Waals surface area contributed by atoms with Crippen LogP contribution in [0.2, 0.25) is 0 Å². The first kappa shape index (κ1) is 15.9. The second-order valence-electron chi connectivity index (χ2n) is 4.91. The number of carbonyl (C=O) groups is 2. The van der Waals surface area contributed by atoms with Crippen LogP contribution in [0.15, 0.2) is 23.1 Å². The van der Waals surface area contributed by atoms with Crippen molar-refractivity contribution in [1.82, 2.24) is 9.88 Å². The van der Waals surface area contributed by atoms with Crippen molar-refractivity contribution in [1.29, 1.82) is 0 Å². The van der Waals surface area contributed by atoms with Gasteiger partial charge in [-0.15, -0.1) is 0 Å². The average molecular weight is 280 g/mol. The van der Waals surface area contributed by atoms with E-state index in [1.54, 1.807) is 0 Å². The van der Waals surface area contributed by atoms with Gasteiger partial charge in [-0.25, -0.2) is 4.79 Å². The third-order valence-electron chi connectivity index (χ3n) is 2.76. The first-order chi connectivity index (χ1) is 9.43. The van der Waals surface area contributed by atoms with Crippen LogP contribution in [0.5, 0.6) is 0 Å². The largest absolute Gasteiger partial charge is 0.465 e. The molecule has 0 fully saturated rings. The number of nitrogens with one attached hydrogen (secondary N) is 1. The summed E-state index contributed by atoms with van der Waals surface area (Å²) in [5.74, 6) is -0.297. The van der Waals surface area contributed by atoms with Gasteiger partial charge in [0.05, 0.1) is 12.7 Å². The predicted molar refractivity (Wildman–Crippen MR) is 74.5 cm³/mol. The molecule has 0 unspecified atom stereocenters. The molecule has 0 bridgehead atoms. The molecule has 1 amide bonds. The second-order valence-corrected chi connectivity index (χ2v) is 4.91. The molecule has 0 spiro atoms. The monoisotopic (exact) mass is 280 g/mol. The minimum atomic E-state index is -0.543. The van der Waals surface area contributed by atoms with Crippen LogP contribution >= 0.6 is 0 Å². The number of aromatic nitrogens is 1. The molecule has 1 aromatic heterocycles. The van der Waals surface area contributed by atoms with Crippen molar-refractivity contribution in [2.75, 3.05) is 13.7 Å². The Morgan fingerprint density at radius 2 is 2.05 bits per heavy atom. The van der Waals surface area contributed by atoms with Gasteiger partial charge in [-0.2, -0.15) is 0 Å². The van der Waals surface area contributed by atoms with Crippen LogP contribution in [0.4, 0.5) is 0 Å². The number of pyridine rings is 1. The number of ether oxygens (including phenoxy) is 1. The fraction of sp³-hybridized carbons (Fsp3) is 0.500. The molecule has 1 rings (SSSR count). The summed E-state index contributed by atoms with van der Waals surface area (Å²) in [7, 11) is 1.26. The third-order valence-corrected chi connectivity index (χ3v) is 2.76. The Labute approximate surface area is 117 Å². The number of nitrogens with zero attached hydrogens (tertiary/aromatic N) is 1. The standard InChI is InChI=1S/C14H20N2O4/c1-10(2)6-7-15-12(17)9-16-8-11(14(19)20-3)4-5-13(16)18/h4-5,8,10H,6-7,9H2,1-3H3,(H,15,17). The Hall–Kier alpha value is -2.11. The Kier molecular flexibility index (Phi) is 5.96. The number of esters is 1. The van der Waals surface area contributed by atoms with Gasteiger partial charge in [0, 0.05) is 18.8 Å². The molecule has 0 aromatic carbocycles. The van der Waals surface area contributed by atoms with E-state index in [-0.39, 0.29) is 23.6 Å². The third kappa shape index (κ3) is 4.87. The molecule has 1 heterocycles. The Bertz CT molecular complexity index is 534. The normalized spacial score (nSPS) is 10.4. The van der Waals surface area contributed by atoms with E-state index >= 15 is 0 Å². The van der Waals surface area contributed by atoms with Gasteiger partial charge in [-0.05, 0) is 18.4 Å². The summed E-state index contributed by atoms with van der Waals surface area (Å²) in [5.41, 5.74) is -0.0984. The highest BCUT2D eigenvalue weighted by Crippen LogP contribution is 1.99. The lowest BCUT2D eigenvalue weighted by Gasteiger charge is -2.09. The lowest BCUT2D eigenvalue weighted by molar-refractivity contribution is -0.121. The van der Waals surface area contributed by atoms with Crippen LogP contribution in [0, 0.1) is 5.92 Å². The highest BCUT2D eigenvalue weighted by atomic mass is 16.5. The van der Waals surface area contributed by atoms with Crippen molar-refractivity contribution in [3.8, 4) is 0 Å². The molecule has 0 saturated carbocycles. The van der Waals surface area contributed by atoms with Gasteiger partial charge in [-0.3, -0.25) is 9.59 Å². The maximum atomic E-state index is 11.7. The van der Waals surface area contributed by atoms with Crippen LogP contribution in [-0.2, 0) is 16.1 Å². The van der Waals surface area contributed by atoms with E-state index < -0.39 is 5.97 Å². The van der Waals surface area contributed by atoms with Crippen LogP contribution in [0.25, 0.3) is 0 Å². The molecule has 0 radical (unpaired) electrons. The molecule has 20 heavy (non-hydrogen) atoms. The van der Waals surface area contributed by atoms with Crippen LogP contribution in [0.1, 0.15) is 30.6 Å². The van der Waals surface area contributed by atoms with Crippen molar-refractivity contribution in [3.63, 3.8) is 0 Å². The Morgan fingerprint density at radius 1 is 1.35 bits per heavy atom. The number of hydrogen-bond acceptors (Lipinski definition) is 4. The van der Waals surface area contributed by atoms with Gasteiger partial charge >= 0.3 is 5.97 Å². The zero-order valence-corrected chi connectivity index (χ0v) is 12.0. The van der Waals surface area contributed by atoms with Gasteiger partial charge in [0.1, 0.15) is 6.54 Å². The van der Waals surface area contributed by atoms with Crippen molar-refractivity contribution < 1.29 is 14.3 Å². The van der Waals surface area contributed by atoms with Crippen LogP contribution in [0.3, 0.4) is 0 Å². The van der Waals surface area contributed by atoms with E-state index in [2.05, 4.69) is 23.9 Å². The maximum Gasteiger partial charge on any atom is 0.339 e. The SMILES string of the molecule is COC(=O)c1ccc(=O)n(CC(=O)NCCC(C)C)c1. The summed E-state index contributed by atoms with van der Waals surface area (Å²) in [6, 6.07) is 2.62. The number of methoxy groups -OCH3 is 1. The number of hydrogen-bond donors (Lipinski definition) is 1. The maximum absolute atomic E-state index is 11.7. The van der Waals surface area contributed by atoms with Crippen molar-refractivity contribution in [2.45, 2.75) is 26.8 Å². The molecule has 0 saturated heterocycles. The summed E-state index contributed by atoms with van der Waals surface area (Å²) < 4.78 is 5.76. The summed E-state index contributed by atoms with van der Waals surface area (Å²) in [4.78, 5) is 34.7. The minimum Gasteiger partial charge on any atom is -0.465 e. The summed E-state index contributed by atoms with van der Waals surface area (Å²) in [5, 5.41) is 2.74. The van der Waals surface area contributed by atoms with E-state index in [4.69, 9.17) is 0 Å². The lowest BCUT2D eigenvalue weighted by atomic mass is 10.1. The molecule has 6 heteroatoms. The van der Waals surface area contributed by atoms with Crippen LogP contribution in [-0.4, -0.2) is 30.1 Å². The highest BCUT2D eigenvalue weighted by molar-refractivity contribution is 5.88. The molecule has 1 aromatic rings. The van der Waals surface area contributed by atoms with Crippen LogP contribution < -0.4 is 10.9 Å². The number of rotatable bonds is 6. The lowest BCUT2D eigenvalue weighted by Crippen LogP contribution is -2.33. The topological polar surface area (TPSA) is 77.4 Å². The molecular formula is C14H20N2O4. The fourth-order valence-corrected chi connectivity index (χ4v) is 1.60. The van der Waals surface area contributed by atoms with Crippen molar-refractivity contribution >= 4 is 11.9 Å². The molecule has 6 nitrogen and oxygen atoms in total. The van der Waals surface area contributed by atoms with E-state index in [0.29, 0.717) is 12.5 Å². The first-order valence-electron chi connectivity index (χ1n) is 6.49. The van der Waals surface area contributed by atoms with Gasteiger partial charge < -0.3 is 14.6 Å². The van der Waals surface area contributed by atoms with Gasteiger partial charge in [0.25, 0.3) is 5.56 Å². The first-order valence-corrected chi connectivity index (χ1v) is 6.49. The number of amides is 1. The molecule has 0 atom stereocenters. The number of carbonyl (C=O) groups excluding carboxylic acids is 2. The molecular weight excluding hydrogens is 260 g/mol. The van der Waals surface area contributed by atoms with E-state index in [9.17, 15) is 14.4 Å². The van der Waals surface area contributed by atoms with Crippen molar-refractivity contribution in [3.05, 3.63) is 34.2 Å². The van der Waals surface area contributed by atoms with E-state index in [0.717, 1.165) is 6.42 Å². The molecule has 110 valence electrons. The van der Waals surface area contributed by atoms with E-state index in [1.165, 1.54) is 30.0 Å². The highest BCUT2D eigenvalue weighted by Gasteiger charge is 2.09. The minimum absolute atomic E-state index is 0.109. The smallest absolute Gasteiger partial charge is 0.339 e. The fourth-order valence-electron chi connectivity index (χ4n) is 1.60. The van der Waals surface area contributed by atoms with Gasteiger partial charge in [-0.1, -0.05) is 13.8 Å². The quantitative estimate of drug-likeness (QED) is 0.782. The molecule has 0 aliphatic heterocycles. The average Bonchev–Trinajstić information content (AvgIpc) is 2.40. The van der Waals surface area contributed by atoms with Crippen molar-refractivity contribution in [2.24, 2.45) is 5.92 Å². The molecule has 0 aliphatic carbocycles. The van der Waals surface area contributed by atoms with Gasteiger partial charge in [0.15, 0.2) is 0 Å². The summed E-state index contributed by atoms with van der Waals surface area (Å²) in [6.45, 7) is 4.59. The Balaban J connectivity index is 2.69. The second kappa shape index (κ2) is 7.47. The van der Waals surface area contributed by atoms with Gasteiger partial charge in [0.2, 0.25) is 5.91 Å². The predicted octanol–water partition coefficient (Wildman–Crippen LogP) is 0.797. The molecule has 0 aliphatic rings.